The molecule has 0 spiro atoms. The van der Waals surface area contributed by atoms with Gasteiger partial charge < -0.3 is 23.7 Å². The number of ether oxygens (including phenoxy) is 5. The maximum atomic E-state index is 12.1. The van der Waals surface area contributed by atoms with E-state index in [2.05, 4.69) is 6.58 Å². The molecule has 0 radical (unpaired) electrons. The minimum Gasteiger partial charge on any atom is -0.497 e. The Bertz CT molecular complexity index is 1070. The summed E-state index contributed by atoms with van der Waals surface area (Å²) in [6.45, 7) is 3.79. The Morgan fingerprint density at radius 3 is 1.76 bits per heavy atom. The van der Waals surface area contributed by atoms with E-state index in [1.54, 1.807) is 55.6 Å². The molecule has 3 rings (SSSR count). The molecule has 0 heterocycles. The Morgan fingerprint density at radius 1 is 0.735 bits per heavy atom. The topological polar surface area (TPSA) is 80.3 Å². The van der Waals surface area contributed by atoms with Crippen LogP contribution >= 0.6 is 0 Å². The number of methoxy groups -OCH3 is 1. The van der Waals surface area contributed by atoms with E-state index >= 15 is 0 Å². The van der Waals surface area contributed by atoms with E-state index in [9.17, 15) is 9.59 Å². The van der Waals surface area contributed by atoms with Crippen molar-refractivity contribution < 1.29 is 33.3 Å². The van der Waals surface area contributed by atoms with Crippen molar-refractivity contribution in [2.24, 2.45) is 0 Å². The monoisotopic (exact) mass is 462 g/mol. The van der Waals surface area contributed by atoms with Crippen molar-refractivity contribution in [1.82, 2.24) is 0 Å². The smallest absolute Gasteiger partial charge is 0.338 e. The normalized spacial score (nSPS) is 10.1. The minimum atomic E-state index is -0.451. The van der Waals surface area contributed by atoms with E-state index in [4.69, 9.17) is 23.7 Å². The summed E-state index contributed by atoms with van der Waals surface area (Å²) in [5.41, 5.74) is 1.41. The summed E-state index contributed by atoms with van der Waals surface area (Å²) in [6, 6.07) is 21.0. The van der Waals surface area contributed by atoms with Gasteiger partial charge in [-0.1, -0.05) is 24.8 Å². The van der Waals surface area contributed by atoms with Crippen LogP contribution in [0.15, 0.2) is 85.5 Å². The van der Waals surface area contributed by atoms with Gasteiger partial charge in [0.25, 0.3) is 0 Å². The zero-order valence-corrected chi connectivity index (χ0v) is 18.9. The molecule has 3 aromatic rings. The molecule has 34 heavy (non-hydrogen) atoms. The van der Waals surface area contributed by atoms with Crippen molar-refractivity contribution in [2.75, 3.05) is 26.9 Å². The Hall–Kier alpha value is -4.26. The highest BCUT2D eigenvalue weighted by Gasteiger charge is 2.08. The van der Waals surface area contributed by atoms with E-state index in [1.165, 1.54) is 6.08 Å². The van der Waals surface area contributed by atoms with Crippen LogP contribution in [-0.4, -0.2) is 38.7 Å². The molecule has 7 heteroatoms. The molecule has 0 N–H and O–H groups in total. The van der Waals surface area contributed by atoms with Gasteiger partial charge >= 0.3 is 5.97 Å². The van der Waals surface area contributed by atoms with Crippen molar-refractivity contribution in [3.63, 3.8) is 0 Å². The molecule has 0 amide bonds. The standard InChI is InChI=1S/C27H26O7/c1-3-16-31-27(29)21-6-10-24(11-7-21)33-18-22(28)19-34-26-14-12-25(13-15-26)32-17-20-4-8-23(30-2)9-5-20/h3-15H,1,16-19H2,2H3. The van der Waals surface area contributed by atoms with Crippen molar-refractivity contribution in [1.29, 1.82) is 0 Å². The molecular weight excluding hydrogens is 436 g/mol. The van der Waals surface area contributed by atoms with Gasteiger partial charge in [-0.25, -0.2) is 4.79 Å². The second-order valence-corrected chi connectivity index (χ2v) is 7.14. The highest BCUT2D eigenvalue weighted by Crippen LogP contribution is 2.20. The molecule has 0 saturated carbocycles. The van der Waals surface area contributed by atoms with Crippen LogP contribution in [0, 0.1) is 0 Å². The number of carbonyl (C=O) groups is 2. The molecule has 0 fully saturated rings. The summed E-state index contributed by atoms with van der Waals surface area (Å²) in [6.07, 6.45) is 1.50. The molecule has 0 aromatic heterocycles. The lowest BCUT2D eigenvalue weighted by Gasteiger charge is -2.10. The lowest BCUT2D eigenvalue weighted by atomic mass is 10.2. The van der Waals surface area contributed by atoms with Crippen molar-refractivity contribution in [2.45, 2.75) is 6.61 Å². The molecule has 0 aliphatic rings. The first-order chi connectivity index (χ1) is 16.6. The van der Waals surface area contributed by atoms with Crippen LogP contribution in [0.3, 0.4) is 0 Å². The Balaban J connectivity index is 1.38. The summed E-state index contributed by atoms with van der Waals surface area (Å²) in [7, 11) is 1.63. The Labute approximate surface area is 198 Å². The lowest BCUT2D eigenvalue weighted by molar-refractivity contribution is -0.123. The number of carbonyl (C=O) groups excluding carboxylic acids is 2. The molecule has 0 bridgehead atoms. The fourth-order valence-electron chi connectivity index (χ4n) is 2.80. The molecule has 0 saturated heterocycles. The molecule has 0 atom stereocenters. The number of hydrogen-bond acceptors (Lipinski definition) is 7. The third kappa shape index (κ3) is 7.70. The van der Waals surface area contributed by atoms with E-state index < -0.39 is 5.97 Å². The number of benzene rings is 3. The predicted octanol–water partition coefficient (Wildman–Crippen LogP) is 4.64. The number of ketones is 1. The summed E-state index contributed by atoms with van der Waals surface area (Å²) in [5.74, 6) is 1.82. The summed E-state index contributed by atoms with van der Waals surface area (Å²) in [5, 5.41) is 0. The quantitative estimate of drug-likeness (QED) is 0.270. The zero-order valence-electron chi connectivity index (χ0n) is 18.9. The zero-order chi connectivity index (χ0) is 24.2. The number of esters is 1. The third-order valence-electron chi connectivity index (χ3n) is 4.61. The molecule has 0 aliphatic heterocycles. The summed E-state index contributed by atoms with van der Waals surface area (Å²) < 4.78 is 26.8. The lowest BCUT2D eigenvalue weighted by Crippen LogP contribution is -2.19. The maximum absolute atomic E-state index is 12.1. The van der Waals surface area contributed by atoms with Gasteiger partial charge in [-0.15, -0.1) is 0 Å². The first-order valence-corrected chi connectivity index (χ1v) is 10.6. The van der Waals surface area contributed by atoms with Gasteiger partial charge in [0.1, 0.15) is 49.4 Å². The van der Waals surface area contributed by atoms with Crippen molar-refractivity contribution in [3.05, 3.63) is 96.6 Å². The Kier molecular flexibility index (Phi) is 9.10. The SMILES string of the molecule is C=CCOC(=O)c1ccc(OCC(=O)COc2ccc(OCc3ccc(OC)cc3)cc2)cc1. The van der Waals surface area contributed by atoms with Crippen molar-refractivity contribution in [3.8, 4) is 23.0 Å². The van der Waals surface area contributed by atoms with Gasteiger partial charge in [-0.3, -0.25) is 4.79 Å². The third-order valence-corrected chi connectivity index (χ3v) is 4.61. The van der Waals surface area contributed by atoms with Gasteiger partial charge in [-0.05, 0) is 66.2 Å². The van der Waals surface area contributed by atoms with Crippen molar-refractivity contribution >= 4 is 11.8 Å². The summed E-state index contributed by atoms with van der Waals surface area (Å²) in [4.78, 5) is 23.8. The fourth-order valence-corrected chi connectivity index (χ4v) is 2.80. The van der Waals surface area contributed by atoms with Crippen LogP contribution in [0.4, 0.5) is 0 Å². The molecule has 3 aromatic carbocycles. The molecule has 7 nitrogen and oxygen atoms in total. The maximum Gasteiger partial charge on any atom is 0.338 e. The average molecular weight is 462 g/mol. The van der Waals surface area contributed by atoms with Crippen LogP contribution in [0.1, 0.15) is 15.9 Å². The number of Topliss-reactive ketones (excluding diaryl/α,β-unsaturated/α-hetero) is 1. The van der Waals surface area contributed by atoms with E-state index in [1.807, 2.05) is 24.3 Å². The largest absolute Gasteiger partial charge is 0.497 e. The molecule has 0 aliphatic carbocycles. The summed E-state index contributed by atoms with van der Waals surface area (Å²) >= 11 is 0. The number of hydrogen-bond donors (Lipinski definition) is 0. The molecule has 0 unspecified atom stereocenters. The van der Waals surface area contributed by atoms with E-state index in [0.29, 0.717) is 29.4 Å². The van der Waals surface area contributed by atoms with Gasteiger partial charge in [0.2, 0.25) is 5.78 Å². The second-order valence-electron chi connectivity index (χ2n) is 7.14. The molecular formula is C27H26O7. The van der Waals surface area contributed by atoms with Gasteiger partial charge in [-0.2, -0.15) is 0 Å². The highest BCUT2D eigenvalue weighted by molar-refractivity contribution is 5.89. The van der Waals surface area contributed by atoms with Crippen LogP contribution < -0.4 is 18.9 Å². The fraction of sp³-hybridized carbons (Fsp3) is 0.185. The van der Waals surface area contributed by atoms with E-state index in [0.717, 1.165) is 11.3 Å². The highest BCUT2D eigenvalue weighted by atomic mass is 16.5. The first kappa shape index (κ1) is 24.4. The van der Waals surface area contributed by atoms with E-state index in [-0.39, 0.29) is 25.6 Å². The first-order valence-electron chi connectivity index (χ1n) is 10.6. The Morgan fingerprint density at radius 2 is 1.24 bits per heavy atom. The average Bonchev–Trinajstić information content (AvgIpc) is 2.89. The molecule has 176 valence electrons. The second kappa shape index (κ2) is 12.7. The van der Waals surface area contributed by atoms with Crippen LogP contribution in [0.5, 0.6) is 23.0 Å². The van der Waals surface area contributed by atoms with Crippen LogP contribution in [-0.2, 0) is 16.1 Å². The minimum absolute atomic E-state index is 0.127. The predicted molar refractivity (Wildman–Crippen MR) is 127 cm³/mol. The number of rotatable bonds is 13. The van der Waals surface area contributed by atoms with Gasteiger partial charge in [0, 0.05) is 0 Å². The van der Waals surface area contributed by atoms with Gasteiger partial charge in [0.15, 0.2) is 0 Å². The van der Waals surface area contributed by atoms with Crippen LogP contribution in [0.2, 0.25) is 0 Å². The van der Waals surface area contributed by atoms with Gasteiger partial charge in [0.05, 0.1) is 12.7 Å². The van der Waals surface area contributed by atoms with Crippen LogP contribution in [0.25, 0.3) is 0 Å².